The van der Waals surface area contributed by atoms with Gasteiger partial charge in [-0.1, -0.05) is 42.1 Å². The number of carbonyl (C=O) groups is 1. The van der Waals surface area contributed by atoms with Crippen LogP contribution in [0.25, 0.3) is 0 Å². The van der Waals surface area contributed by atoms with E-state index in [1.807, 2.05) is 25.5 Å². The molecule has 0 saturated heterocycles. The van der Waals surface area contributed by atoms with Crippen LogP contribution in [0.5, 0.6) is 0 Å². The Morgan fingerprint density at radius 1 is 1.33 bits per heavy atom. The van der Waals surface area contributed by atoms with Crippen molar-refractivity contribution in [2.45, 2.75) is 71.8 Å². The number of hydrazone groups is 1. The van der Waals surface area contributed by atoms with E-state index in [1.54, 1.807) is 0 Å². The second-order valence-corrected chi connectivity index (χ2v) is 16.2. The van der Waals surface area contributed by atoms with Crippen molar-refractivity contribution >= 4 is 26.0 Å². The van der Waals surface area contributed by atoms with Crippen molar-refractivity contribution in [3.05, 3.63) is 23.3 Å². The highest BCUT2D eigenvalue weighted by Gasteiger charge is 2.31. The van der Waals surface area contributed by atoms with Gasteiger partial charge in [0.25, 0.3) is 6.73 Å². The number of hydrogen-bond donors (Lipinski definition) is 1. The average Bonchev–Trinajstić information content (AvgIpc) is 2.99. The van der Waals surface area contributed by atoms with Crippen LogP contribution in [0.15, 0.2) is 28.4 Å². The quantitative estimate of drug-likeness (QED) is 0.244. The molecule has 0 aromatic carbocycles. The number of allylic oxidation sites excluding steroid dienone is 4. The fraction of sp³-hybridized carbons (Fsp3) is 0.696. The molecular weight excluding hydrogens is 396 g/mol. The van der Waals surface area contributed by atoms with Crippen molar-refractivity contribution < 1.29 is 24.1 Å². The molecule has 0 amide bonds. The Labute approximate surface area is 182 Å². The van der Waals surface area contributed by atoms with Gasteiger partial charge < -0.3 is 14.6 Å². The van der Waals surface area contributed by atoms with Gasteiger partial charge in [-0.15, -0.1) is 0 Å². The summed E-state index contributed by atoms with van der Waals surface area (Å²) in [5.41, 5.74) is 2.77. The third-order valence-corrected chi connectivity index (χ3v) is 6.67. The van der Waals surface area contributed by atoms with Gasteiger partial charge in [0.1, 0.15) is 17.2 Å². The maximum atomic E-state index is 12.1. The highest BCUT2D eigenvalue weighted by atomic mass is 28.3. The standard InChI is InChI=1S/C23H39N2O4Si/c1-17-10-18(11-19(15-26)13-21(27)29-23(2,3)4)12-20-14-25(24-22(17)20)16-28-8-9-30(5,6)7/h10,12,14,19-20,26H,8-9,11,13,15-16H2,1-7H3/q+1. The first-order chi connectivity index (χ1) is 13.9. The van der Waals surface area contributed by atoms with E-state index in [1.165, 1.54) is 0 Å². The van der Waals surface area contributed by atoms with Crippen molar-refractivity contribution in [1.29, 1.82) is 0 Å². The lowest BCUT2D eigenvalue weighted by molar-refractivity contribution is -0.567. The molecule has 2 unspecified atom stereocenters. The van der Waals surface area contributed by atoms with Gasteiger partial charge in [-0.25, -0.2) is 0 Å². The molecule has 0 spiro atoms. The molecule has 2 atom stereocenters. The monoisotopic (exact) mass is 435 g/mol. The van der Waals surface area contributed by atoms with E-state index in [2.05, 4.69) is 44.9 Å². The van der Waals surface area contributed by atoms with Crippen LogP contribution in [0.1, 0.15) is 40.5 Å². The first kappa shape index (κ1) is 24.7. The molecule has 0 saturated carbocycles. The normalized spacial score (nSPS) is 20.1. The SMILES string of the molecule is CC1=CC(CC(CO)CC(=O)OC(C)(C)C)=CC2C=[N+](COCC[Si](C)(C)C)N=C12. The average molecular weight is 436 g/mol. The van der Waals surface area contributed by atoms with Gasteiger partial charge >= 0.3 is 5.97 Å². The molecule has 1 N–H and O–H groups in total. The highest BCUT2D eigenvalue weighted by molar-refractivity contribution is 6.76. The van der Waals surface area contributed by atoms with Crippen LogP contribution in [0, 0.1) is 11.8 Å². The molecule has 0 fully saturated rings. The summed E-state index contributed by atoms with van der Waals surface area (Å²) in [6, 6.07) is 1.14. The molecule has 0 aromatic heterocycles. The molecule has 0 aromatic rings. The third-order valence-electron chi connectivity index (χ3n) is 4.96. The lowest BCUT2D eigenvalue weighted by Crippen LogP contribution is -2.26. The van der Waals surface area contributed by atoms with E-state index in [0.717, 1.165) is 29.5 Å². The predicted octanol–water partition coefficient (Wildman–Crippen LogP) is 3.98. The summed E-state index contributed by atoms with van der Waals surface area (Å²) in [6.07, 6.45) is 7.21. The molecule has 6 nitrogen and oxygen atoms in total. The summed E-state index contributed by atoms with van der Waals surface area (Å²) in [5, 5.41) is 14.5. The lowest BCUT2D eigenvalue weighted by Gasteiger charge is -2.22. The van der Waals surface area contributed by atoms with E-state index in [9.17, 15) is 9.90 Å². The summed E-state index contributed by atoms with van der Waals surface area (Å²) in [4.78, 5) is 12.1. The zero-order valence-electron chi connectivity index (χ0n) is 19.7. The van der Waals surface area contributed by atoms with Crippen molar-refractivity contribution in [2.24, 2.45) is 16.9 Å². The van der Waals surface area contributed by atoms with Crippen molar-refractivity contribution in [3.8, 4) is 0 Å². The third kappa shape index (κ3) is 8.28. The molecular formula is C23H39N2O4Si+. The van der Waals surface area contributed by atoms with Crippen molar-refractivity contribution in [3.63, 3.8) is 0 Å². The number of hydrogen-bond acceptors (Lipinski definition) is 5. The number of carbonyl (C=O) groups excluding carboxylic acids is 1. The zero-order valence-corrected chi connectivity index (χ0v) is 20.7. The van der Waals surface area contributed by atoms with Crippen LogP contribution in [0.4, 0.5) is 0 Å². The molecule has 0 radical (unpaired) electrons. The largest absolute Gasteiger partial charge is 0.460 e. The molecule has 2 aliphatic rings. The first-order valence-corrected chi connectivity index (χ1v) is 14.6. The first-order valence-electron chi connectivity index (χ1n) is 10.9. The molecule has 1 aliphatic carbocycles. The molecule has 2 rings (SSSR count). The van der Waals surface area contributed by atoms with E-state index >= 15 is 0 Å². The van der Waals surface area contributed by atoms with E-state index in [-0.39, 0.29) is 30.8 Å². The smallest absolute Gasteiger partial charge is 0.306 e. The Morgan fingerprint density at radius 3 is 2.63 bits per heavy atom. The molecule has 168 valence electrons. The summed E-state index contributed by atoms with van der Waals surface area (Å²) in [6.45, 7) is 15.8. The number of ether oxygens (including phenoxy) is 2. The summed E-state index contributed by atoms with van der Waals surface area (Å²) in [5.74, 6) is -0.308. The number of fused-ring (bicyclic) bond motifs is 1. The maximum Gasteiger partial charge on any atom is 0.306 e. The van der Waals surface area contributed by atoms with Gasteiger partial charge in [0, 0.05) is 14.7 Å². The van der Waals surface area contributed by atoms with Crippen LogP contribution in [0.2, 0.25) is 25.7 Å². The van der Waals surface area contributed by atoms with Gasteiger partial charge in [-0.3, -0.25) is 4.79 Å². The Hall–Kier alpha value is -1.57. The molecule has 0 bridgehead atoms. The number of aliphatic hydroxyl groups is 1. The molecule has 1 aliphatic heterocycles. The fourth-order valence-electron chi connectivity index (χ4n) is 3.48. The van der Waals surface area contributed by atoms with Crippen LogP contribution >= 0.6 is 0 Å². The van der Waals surface area contributed by atoms with E-state index in [0.29, 0.717) is 13.2 Å². The highest BCUT2D eigenvalue weighted by Crippen LogP contribution is 2.28. The molecule has 1 heterocycles. The topological polar surface area (TPSA) is 71.1 Å². The summed E-state index contributed by atoms with van der Waals surface area (Å²) in [7, 11) is -1.09. The van der Waals surface area contributed by atoms with Gasteiger partial charge in [-0.2, -0.15) is 0 Å². The second kappa shape index (κ2) is 10.2. The van der Waals surface area contributed by atoms with Crippen molar-refractivity contribution in [1.82, 2.24) is 0 Å². The molecule has 7 heteroatoms. The van der Waals surface area contributed by atoms with Gasteiger partial charge in [0.2, 0.25) is 0 Å². The van der Waals surface area contributed by atoms with E-state index in [4.69, 9.17) is 14.6 Å². The Morgan fingerprint density at radius 2 is 2.03 bits per heavy atom. The minimum atomic E-state index is -1.09. The van der Waals surface area contributed by atoms with Gasteiger partial charge in [0.05, 0.1) is 13.0 Å². The number of rotatable bonds is 10. The van der Waals surface area contributed by atoms with Crippen molar-refractivity contribution in [2.75, 3.05) is 19.9 Å². The summed E-state index contributed by atoms with van der Waals surface area (Å²) >= 11 is 0. The zero-order chi connectivity index (χ0) is 22.5. The van der Waals surface area contributed by atoms with Crippen LogP contribution in [-0.4, -0.2) is 61.3 Å². The minimum absolute atomic E-state index is 0.0458. The Balaban J connectivity index is 1.94. The van der Waals surface area contributed by atoms with Crippen LogP contribution in [-0.2, 0) is 14.3 Å². The van der Waals surface area contributed by atoms with Crippen LogP contribution in [0.3, 0.4) is 0 Å². The second-order valence-electron chi connectivity index (χ2n) is 10.6. The summed E-state index contributed by atoms with van der Waals surface area (Å²) < 4.78 is 13.1. The van der Waals surface area contributed by atoms with E-state index < -0.39 is 13.7 Å². The van der Waals surface area contributed by atoms with Crippen LogP contribution < -0.4 is 0 Å². The molecule has 30 heavy (non-hydrogen) atoms. The lowest BCUT2D eigenvalue weighted by atomic mass is 9.86. The minimum Gasteiger partial charge on any atom is -0.460 e. The maximum absolute atomic E-state index is 12.1. The Bertz CT molecular complexity index is 754. The fourth-order valence-corrected chi connectivity index (χ4v) is 4.23. The van der Waals surface area contributed by atoms with Gasteiger partial charge in [-0.05, 0) is 56.8 Å². The number of esters is 1. The number of aliphatic hydroxyl groups excluding tert-OH is 1. The predicted molar refractivity (Wildman–Crippen MR) is 124 cm³/mol. The Kier molecular flexibility index (Phi) is 8.36. The number of nitrogens with zero attached hydrogens (tertiary/aromatic N) is 2. The van der Waals surface area contributed by atoms with Gasteiger partial charge in [0.15, 0.2) is 6.21 Å².